The molecule has 0 atom stereocenters. The van der Waals surface area contributed by atoms with Gasteiger partial charge in [0.2, 0.25) is 5.01 Å². The molecule has 3 rings (SSSR count). The summed E-state index contributed by atoms with van der Waals surface area (Å²) in [6, 6.07) is 18.4. The summed E-state index contributed by atoms with van der Waals surface area (Å²) in [4.78, 5) is 14.6. The molecule has 6 heteroatoms. The predicted molar refractivity (Wildman–Crippen MR) is 113 cm³/mol. The smallest absolute Gasteiger partial charge is 0.282 e. The van der Waals surface area contributed by atoms with Crippen molar-refractivity contribution in [1.29, 1.82) is 0 Å². The molecule has 0 bridgehead atoms. The molecule has 3 aromatic rings. The van der Waals surface area contributed by atoms with Crippen LogP contribution in [0.5, 0.6) is 0 Å². The van der Waals surface area contributed by atoms with E-state index < -0.39 is 0 Å². The molecular weight excluding hydrogens is 368 g/mol. The Labute approximate surface area is 169 Å². The van der Waals surface area contributed by atoms with Crippen molar-refractivity contribution in [2.24, 2.45) is 0 Å². The van der Waals surface area contributed by atoms with Crippen molar-refractivity contribution in [3.8, 4) is 0 Å². The Hall–Kier alpha value is -2.83. The summed E-state index contributed by atoms with van der Waals surface area (Å²) in [7, 11) is 0. The fourth-order valence-electron chi connectivity index (χ4n) is 2.77. The molecule has 0 unspecified atom stereocenters. The van der Waals surface area contributed by atoms with Crippen LogP contribution in [-0.4, -0.2) is 27.5 Å². The number of aryl methyl sites for hydroxylation is 1. The molecular formula is C22H24N4OS. The maximum Gasteiger partial charge on any atom is 0.282 e. The SMILES string of the molecule is C=CCN(Cc1ccccc1)Cc1nnc(C(=O)NCc2ccc(C)cc2)s1. The number of nitrogens with zero attached hydrogens (tertiary/aromatic N) is 3. The Morgan fingerprint density at radius 2 is 1.82 bits per heavy atom. The van der Waals surface area contributed by atoms with Crippen LogP contribution in [0, 0.1) is 6.92 Å². The lowest BCUT2D eigenvalue weighted by molar-refractivity contribution is 0.0950. The molecule has 0 saturated heterocycles. The molecule has 0 spiro atoms. The second-order valence-electron chi connectivity index (χ2n) is 6.61. The van der Waals surface area contributed by atoms with Gasteiger partial charge in [-0.25, -0.2) is 0 Å². The second kappa shape index (κ2) is 9.92. The number of hydrogen-bond acceptors (Lipinski definition) is 5. The summed E-state index contributed by atoms with van der Waals surface area (Å²) in [5.41, 5.74) is 3.48. The second-order valence-corrected chi connectivity index (χ2v) is 7.68. The standard InChI is InChI=1S/C22H24N4OS/c1-3-13-26(15-19-7-5-4-6-8-19)16-20-24-25-22(28-20)21(27)23-14-18-11-9-17(2)10-12-18/h3-12H,1,13-16H2,2H3,(H,23,27). The minimum Gasteiger partial charge on any atom is -0.346 e. The monoisotopic (exact) mass is 392 g/mol. The highest BCUT2D eigenvalue weighted by Crippen LogP contribution is 2.15. The summed E-state index contributed by atoms with van der Waals surface area (Å²) >= 11 is 1.33. The first-order valence-electron chi connectivity index (χ1n) is 9.17. The maximum absolute atomic E-state index is 12.4. The lowest BCUT2D eigenvalue weighted by Crippen LogP contribution is -2.23. The lowest BCUT2D eigenvalue weighted by Gasteiger charge is -2.19. The molecule has 1 amide bonds. The van der Waals surface area contributed by atoms with Crippen molar-refractivity contribution in [2.75, 3.05) is 6.54 Å². The van der Waals surface area contributed by atoms with Gasteiger partial charge in [-0.15, -0.1) is 16.8 Å². The first-order valence-corrected chi connectivity index (χ1v) is 9.99. The maximum atomic E-state index is 12.4. The normalized spacial score (nSPS) is 10.8. The van der Waals surface area contributed by atoms with Gasteiger partial charge in [-0.05, 0) is 18.1 Å². The molecule has 1 heterocycles. The van der Waals surface area contributed by atoms with Crippen molar-refractivity contribution in [3.63, 3.8) is 0 Å². The zero-order chi connectivity index (χ0) is 19.8. The van der Waals surface area contributed by atoms with E-state index >= 15 is 0 Å². The lowest BCUT2D eigenvalue weighted by atomic mass is 10.1. The predicted octanol–water partition coefficient (Wildman–Crippen LogP) is 3.96. The van der Waals surface area contributed by atoms with Crippen LogP contribution in [0.25, 0.3) is 0 Å². The quantitative estimate of drug-likeness (QED) is 0.560. The molecule has 0 aliphatic rings. The Balaban J connectivity index is 1.57. The Morgan fingerprint density at radius 1 is 1.07 bits per heavy atom. The van der Waals surface area contributed by atoms with Crippen LogP contribution in [0.15, 0.2) is 67.3 Å². The Kier molecular flexibility index (Phi) is 7.06. The van der Waals surface area contributed by atoms with Gasteiger partial charge in [0.25, 0.3) is 5.91 Å². The zero-order valence-electron chi connectivity index (χ0n) is 16.0. The van der Waals surface area contributed by atoms with E-state index in [2.05, 4.69) is 39.1 Å². The van der Waals surface area contributed by atoms with Crippen LogP contribution in [-0.2, 0) is 19.6 Å². The molecule has 0 aliphatic heterocycles. The van der Waals surface area contributed by atoms with E-state index in [9.17, 15) is 4.79 Å². The van der Waals surface area contributed by atoms with Gasteiger partial charge in [-0.1, -0.05) is 77.6 Å². The highest BCUT2D eigenvalue weighted by Gasteiger charge is 2.15. The first kappa shape index (κ1) is 19.9. The summed E-state index contributed by atoms with van der Waals surface area (Å²) in [5, 5.41) is 12.4. The molecule has 28 heavy (non-hydrogen) atoms. The van der Waals surface area contributed by atoms with Gasteiger partial charge in [0.1, 0.15) is 5.01 Å². The minimum absolute atomic E-state index is 0.192. The number of carbonyl (C=O) groups is 1. The van der Waals surface area contributed by atoms with E-state index in [0.29, 0.717) is 18.1 Å². The third-order valence-electron chi connectivity index (χ3n) is 4.23. The fraction of sp³-hybridized carbons (Fsp3) is 0.227. The van der Waals surface area contributed by atoms with E-state index in [1.165, 1.54) is 22.5 Å². The van der Waals surface area contributed by atoms with Crippen LogP contribution in [0.2, 0.25) is 0 Å². The average molecular weight is 393 g/mol. The van der Waals surface area contributed by atoms with Crippen LogP contribution in [0.4, 0.5) is 0 Å². The van der Waals surface area contributed by atoms with E-state index in [0.717, 1.165) is 23.7 Å². The van der Waals surface area contributed by atoms with Crippen molar-refractivity contribution < 1.29 is 4.79 Å². The van der Waals surface area contributed by atoms with E-state index in [1.54, 1.807) is 0 Å². The van der Waals surface area contributed by atoms with Gasteiger partial charge < -0.3 is 5.32 Å². The number of rotatable bonds is 9. The summed E-state index contributed by atoms with van der Waals surface area (Å²) in [6.07, 6.45) is 1.87. The summed E-state index contributed by atoms with van der Waals surface area (Å²) in [6.45, 7) is 8.52. The molecule has 0 fully saturated rings. The molecule has 0 saturated carbocycles. The van der Waals surface area contributed by atoms with Crippen molar-refractivity contribution >= 4 is 17.2 Å². The van der Waals surface area contributed by atoms with Crippen molar-refractivity contribution in [1.82, 2.24) is 20.4 Å². The van der Waals surface area contributed by atoms with Gasteiger partial charge in [0.15, 0.2) is 0 Å². The number of carbonyl (C=O) groups excluding carboxylic acids is 1. The molecule has 144 valence electrons. The Morgan fingerprint density at radius 3 is 2.54 bits per heavy atom. The van der Waals surface area contributed by atoms with E-state index in [4.69, 9.17) is 0 Å². The molecule has 1 aromatic heterocycles. The molecule has 0 aliphatic carbocycles. The molecule has 5 nitrogen and oxygen atoms in total. The van der Waals surface area contributed by atoms with Gasteiger partial charge >= 0.3 is 0 Å². The van der Waals surface area contributed by atoms with Crippen molar-refractivity contribution in [3.05, 3.63) is 94.0 Å². The third-order valence-corrected chi connectivity index (χ3v) is 5.14. The average Bonchev–Trinajstić information content (AvgIpc) is 3.17. The van der Waals surface area contributed by atoms with E-state index in [1.807, 2.05) is 55.5 Å². The van der Waals surface area contributed by atoms with Crippen LogP contribution < -0.4 is 5.32 Å². The number of amides is 1. The van der Waals surface area contributed by atoms with Gasteiger partial charge in [-0.2, -0.15) is 0 Å². The highest BCUT2D eigenvalue weighted by molar-refractivity contribution is 7.13. The van der Waals surface area contributed by atoms with E-state index in [-0.39, 0.29) is 5.91 Å². The van der Waals surface area contributed by atoms with Crippen LogP contribution in [0.3, 0.4) is 0 Å². The molecule has 2 aromatic carbocycles. The van der Waals surface area contributed by atoms with Crippen molar-refractivity contribution in [2.45, 2.75) is 26.6 Å². The summed E-state index contributed by atoms with van der Waals surface area (Å²) < 4.78 is 0. The number of hydrogen-bond donors (Lipinski definition) is 1. The van der Waals surface area contributed by atoms with Gasteiger partial charge in [0, 0.05) is 19.6 Å². The highest BCUT2D eigenvalue weighted by atomic mass is 32.1. The molecule has 1 N–H and O–H groups in total. The third kappa shape index (κ3) is 5.84. The number of benzene rings is 2. The topological polar surface area (TPSA) is 58.1 Å². The van der Waals surface area contributed by atoms with Crippen LogP contribution in [0.1, 0.15) is 31.5 Å². The van der Waals surface area contributed by atoms with Crippen LogP contribution >= 0.6 is 11.3 Å². The Bertz CT molecular complexity index is 906. The minimum atomic E-state index is -0.192. The zero-order valence-corrected chi connectivity index (χ0v) is 16.8. The number of nitrogens with one attached hydrogen (secondary N) is 1. The largest absolute Gasteiger partial charge is 0.346 e. The first-order chi connectivity index (χ1) is 13.6. The summed E-state index contributed by atoms with van der Waals surface area (Å²) in [5.74, 6) is -0.192. The molecule has 0 radical (unpaired) electrons. The van der Waals surface area contributed by atoms with Gasteiger partial charge in [-0.3, -0.25) is 9.69 Å². The van der Waals surface area contributed by atoms with Gasteiger partial charge in [0.05, 0.1) is 6.54 Å². The fourth-order valence-corrected chi connectivity index (χ4v) is 3.57. The number of aromatic nitrogens is 2.